The number of carbonyl (C=O) groups excluding carboxylic acids is 5. The minimum Gasteiger partial charge on any atom is -0.491 e. The maximum absolute atomic E-state index is 13.3. The summed E-state index contributed by atoms with van der Waals surface area (Å²) in [5.41, 5.74) is 7.99. The summed E-state index contributed by atoms with van der Waals surface area (Å²) in [4.78, 5) is 72.3. The molecule has 2 fully saturated rings. The van der Waals surface area contributed by atoms with Gasteiger partial charge in [0.1, 0.15) is 24.1 Å². The Hall–Kier alpha value is -6.51. The Labute approximate surface area is 334 Å². The third-order valence-electron chi connectivity index (χ3n) is 11.3. The van der Waals surface area contributed by atoms with Gasteiger partial charge in [-0.3, -0.25) is 44.1 Å². The summed E-state index contributed by atoms with van der Waals surface area (Å²) in [6.45, 7) is 5.32. The van der Waals surface area contributed by atoms with Crippen molar-refractivity contribution in [1.82, 2.24) is 29.9 Å². The minimum absolute atomic E-state index is 0.0855. The van der Waals surface area contributed by atoms with Crippen molar-refractivity contribution in [3.8, 4) is 33.8 Å². The minimum atomic E-state index is -0.980. The fourth-order valence-corrected chi connectivity index (χ4v) is 8.16. The smallest absolute Gasteiger partial charge is 0.262 e. The summed E-state index contributed by atoms with van der Waals surface area (Å²) in [5, 5.41) is 7.20. The molecule has 4 amide bonds. The molecule has 0 radical (unpaired) electrons. The van der Waals surface area contributed by atoms with E-state index in [1.165, 1.54) is 0 Å². The Morgan fingerprint density at radius 3 is 2.24 bits per heavy atom. The average molecular weight is 780 g/mol. The Balaban J connectivity index is 0.734. The number of imide groups is 2. The fraction of sp³-hybridized carbons (Fsp3) is 0.295. The first-order valence-electron chi connectivity index (χ1n) is 19.6. The second-order valence-electron chi connectivity index (χ2n) is 14.8. The van der Waals surface area contributed by atoms with Crippen LogP contribution in [-0.4, -0.2) is 113 Å². The first-order chi connectivity index (χ1) is 28.3. The first-order valence-corrected chi connectivity index (χ1v) is 19.6. The highest BCUT2D eigenvalue weighted by atomic mass is 16.5. The zero-order valence-corrected chi connectivity index (χ0v) is 31.8. The molecule has 0 saturated carbocycles. The number of hydrogen-bond acceptors (Lipinski definition) is 11. The van der Waals surface area contributed by atoms with E-state index in [2.05, 4.69) is 26.2 Å². The van der Waals surface area contributed by atoms with E-state index in [4.69, 9.17) is 14.6 Å². The predicted molar refractivity (Wildman–Crippen MR) is 213 cm³/mol. The van der Waals surface area contributed by atoms with E-state index >= 15 is 0 Å². The summed E-state index contributed by atoms with van der Waals surface area (Å²) in [6, 6.07) is 22.0. The lowest BCUT2D eigenvalue weighted by atomic mass is 9.98. The molecule has 14 heteroatoms. The fourth-order valence-electron chi connectivity index (χ4n) is 8.16. The number of fused-ring (bicyclic) bond motifs is 2. The molecular formula is C44H41N7O7. The zero-order valence-electron chi connectivity index (χ0n) is 31.8. The standard InChI is InChI=1S/C44H41N7O7/c52-39-11-2-29-25-30(1-8-34(29)39)37-27-50(47-41(37)28-13-15-45-16-14-28)31-3-6-33(7-4-31)58-24-23-57-22-21-48-17-19-49(20-18-48)32-5-9-35-36(26-32)44(56)51(43(35)55)38-10-12-40(53)46-42(38)54/h1,3-9,13-16,25-27,38H,2,10-12,17-24H2,(H,46,53,54). The molecule has 3 aliphatic heterocycles. The van der Waals surface area contributed by atoms with Crippen molar-refractivity contribution in [3.63, 3.8) is 0 Å². The number of aryl methyl sites for hydroxylation is 1. The van der Waals surface area contributed by atoms with Crippen molar-refractivity contribution < 1.29 is 33.4 Å². The maximum Gasteiger partial charge on any atom is 0.262 e. The van der Waals surface area contributed by atoms with Gasteiger partial charge < -0.3 is 14.4 Å². The van der Waals surface area contributed by atoms with Crippen molar-refractivity contribution in [2.24, 2.45) is 0 Å². The molecular weight excluding hydrogens is 739 g/mol. The number of ketones is 1. The highest BCUT2D eigenvalue weighted by Gasteiger charge is 2.44. The van der Waals surface area contributed by atoms with Crippen LogP contribution in [0, 0.1) is 0 Å². The van der Waals surface area contributed by atoms with Gasteiger partial charge in [0.25, 0.3) is 11.8 Å². The molecule has 2 saturated heterocycles. The van der Waals surface area contributed by atoms with Crippen LogP contribution >= 0.6 is 0 Å². The van der Waals surface area contributed by atoms with Gasteiger partial charge in [0, 0.05) is 86.5 Å². The van der Waals surface area contributed by atoms with Crippen molar-refractivity contribution >= 4 is 35.1 Å². The number of carbonyl (C=O) groups is 5. The molecule has 14 nitrogen and oxygen atoms in total. The molecule has 1 N–H and O–H groups in total. The largest absolute Gasteiger partial charge is 0.491 e. The van der Waals surface area contributed by atoms with Crippen molar-refractivity contribution in [2.75, 3.05) is 57.4 Å². The van der Waals surface area contributed by atoms with E-state index in [9.17, 15) is 24.0 Å². The SMILES string of the molecule is O=C1CCC(N2C(=O)c3ccc(N4CCN(CCOCCOc5ccc(-n6cc(-c7ccc8c(c7)CCC8=O)c(-c7ccncc7)n6)cc5)CC4)cc3C2=O)C(=O)N1. The van der Waals surface area contributed by atoms with Gasteiger partial charge >= 0.3 is 0 Å². The number of anilines is 1. The second-order valence-corrected chi connectivity index (χ2v) is 14.8. The van der Waals surface area contributed by atoms with Crippen LogP contribution in [0.25, 0.3) is 28.1 Å². The van der Waals surface area contributed by atoms with E-state index in [1.807, 2.05) is 65.5 Å². The van der Waals surface area contributed by atoms with Crippen LogP contribution < -0.4 is 15.0 Å². The van der Waals surface area contributed by atoms with Gasteiger partial charge in [-0.2, -0.15) is 5.10 Å². The lowest BCUT2D eigenvalue weighted by Gasteiger charge is -2.36. The van der Waals surface area contributed by atoms with Gasteiger partial charge in [-0.25, -0.2) is 4.68 Å². The van der Waals surface area contributed by atoms with Gasteiger partial charge in [-0.05, 0) is 78.6 Å². The Bertz CT molecular complexity index is 2420. The third-order valence-corrected chi connectivity index (χ3v) is 11.3. The summed E-state index contributed by atoms with van der Waals surface area (Å²) in [7, 11) is 0. The Kier molecular flexibility index (Phi) is 10.1. The number of hydrogen-bond donors (Lipinski definition) is 1. The Morgan fingerprint density at radius 1 is 0.690 bits per heavy atom. The molecule has 9 rings (SSSR count). The van der Waals surface area contributed by atoms with Gasteiger partial charge in [-0.1, -0.05) is 18.2 Å². The van der Waals surface area contributed by atoms with Crippen molar-refractivity contribution in [3.05, 3.63) is 114 Å². The van der Waals surface area contributed by atoms with Crippen LogP contribution in [0.4, 0.5) is 5.69 Å². The lowest BCUT2D eigenvalue weighted by Crippen LogP contribution is -2.54. The Morgan fingerprint density at radius 2 is 1.45 bits per heavy atom. The highest BCUT2D eigenvalue weighted by Crippen LogP contribution is 2.35. The summed E-state index contributed by atoms with van der Waals surface area (Å²) in [6.07, 6.45) is 7.07. The van der Waals surface area contributed by atoms with Gasteiger partial charge in [-0.15, -0.1) is 0 Å². The molecule has 294 valence electrons. The number of piperidine rings is 1. The number of aromatic nitrogens is 3. The number of rotatable bonds is 12. The third kappa shape index (κ3) is 7.27. The van der Waals surface area contributed by atoms with E-state index in [-0.39, 0.29) is 29.8 Å². The normalized spacial score (nSPS) is 18.1. The summed E-state index contributed by atoms with van der Waals surface area (Å²) < 4.78 is 13.7. The molecule has 5 aromatic rings. The van der Waals surface area contributed by atoms with E-state index in [0.717, 1.165) is 94.7 Å². The molecule has 1 aliphatic carbocycles. The van der Waals surface area contributed by atoms with Gasteiger partial charge in [0.2, 0.25) is 11.8 Å². The molecule has 0 bridgehead atoms. The van der Waals surface area contributed by atoms with Crippen molar-refractivity contribution in [2.45, 2.75) is 31.7 Å². The van der Waals surface area contributed by atoms with Crippen molar-refractivity contribution in [1.29, 1.82) is 0 Å². The molecule has 1 atom stereocenters. The van der Waals surface area contributed by atoms with Gasteiger partial charge in [0.15, 0.2) is 5.78 Å². The molecule has 1 unspecified atom stereocenters. The molecule has 4 aliphatic rings. The van der Waals surface area contributed by atoms with Crippen LogP contribution in [0.2, 0.25) is 0 Å². The number of benzene rings is 3. The van der Waals surface area contributed by atoms with Crippen LogP contribution in [-0.2, 0) is 20.7 Å². The molecule has 5 heterocycles. The molecule has 3 aromatic carbocycles. The molecule has 0 spiro atoms. The molecule has 2 aromatic heterocycles. The number of nitrogens with one attached hydrogen (secondary N) is 1. The van der Waals surface area contributed by atoms with E-state index in [1.54, 1.807) is 24.5 Å². The number of piperazine rings is 1. The summed E-state index contributed by atoms with van der Waals surface area (Å²) in [5.74, 6) is -1.08. The number of nitrogens with zero attached hydrogens (tertiary/aromatic N) is 6. The average Bonchev–Trinajstić information content (AvgIpc) is 3.93. The number of ether oxygens (including phenoxy) is 2. The molecule has 58 heavy (non-hydrogen) atoms. The summed E-state index contributed by atoms with van der Waals surface area (Å²) >= 11 is 0. The monoisotopic (exact) mass is 779 g/mol. The zero-order chi connectivity index (χ0) is 39.8. The number of Topliss-reactive ketones (excluding diaryl/α,β-unsaturated/α-hetero) is 1. The van der Waals surface area contributed by atoms with Crippen LogP contribution in [0.1, 0.15) is 55.9 Å². The quantitative estimate of drug-likeness (QED) is 0.142. The van der Waals surface area contributed by atoms with Crippen LogP contribution in [0.3, 0.4) is 0 Å². The maximum atomic E-state index is 13.3. The highest BCUT2D eigenvalue weighted by molar-refractivity contribution is 6.23. The van der Waals surface area contributed by atoms with Crippen LogP contribution in [0.5, 0.6) is 5.75 Å². The number of pyridine rings is 1. The van der Waals surface area contributed by atoms with Gasteiger partial charge in [0.05, 0.1) is 30.0 Å². The first kappa shape index (κ1) is 37.1. The van der Waals surface area contributed by atoms with E-state index in [0.29, 0.717) is 26.2 Å². The number of amides is 4. The lowest BCUT2D eigenvalue weighted by molar-refractivity contribution is -0.136. The second kappa shape index (κ2) is 15.8. The predicted octanol–water partition coefficient (Wildman–Crippen LogP) is 4.35. The van der Waals surface area contributed by atoms with Crippen LogP contribution in [0.15, 0.2) is 91.4 Å². The van der Waals surface area contributed by atoms with E-state index < -0.39 is 29.7 Å². The topological polar surface area (TPSA) is 156 Å².